The molecule has 1 aliphatic heterocycles. The highest BCUT2D eigenvalue weighted by Crippen LogP contribution is 2.17. The van der Waals surface area contributed by atoms with E-state index < -0.39 is 17.9 Å². The Bertz CT molecular complexity index is 1150. The van der Waals surface area contributed by atoms with E-state index in [-0.39, 0.29) is 32.0 Å². The molecule has 36 heavy (non-hydrogen) atoms. The molecule has 0 radical (unpaired) electrons. The standard InChI is InChI=1S/C27H29N3O6/c31-24(15-25(32)28-16-23-7-4-14-35-23)27(34)30-13-12-29(26(33)18-30)17-20-8-10-22(11-9-20)36-19-21-5-2-1-3-6-21/h1-11,14,24,31H,12-13,15-19H2,(H,28,32)/t24-/m1/s1. The lowest BCUT2D eigenvalue weighted by Gasteiger charge is -2.35. The molecule has 1 aromatic heterocycles. The molecular weight excluding hydrogens is 462 g/mol. The zero-order chi connectivity index (χ0) is 25.3. The number of nitrogens with one attached hydrogen (secondary N) is 1. The molecule has 1 saturated heterocycles. The molecule has 1 atom stereocenters. The van der Waals surface area contributed by atoms with Crippen molar-refractivity contribution in [2.45, 2.75) is 32.2 Å². The van der Waals surface area contributed by atoms with Gasteiger partial charge in [0, 0.05) is 19.6 Å². The Morgan fingerprint density at radius 2 is 1.78 bits per heavy atom. The minimum Gasteiger partial charge on any atom is -0.489 e. The Morgan fingerprint density at radius 3 is 2.47 bits per heavy atom. The molecule has 3 aromatic rings. The zero-order valence-corrected chi connectivity index (χ0v) is 19.8. The summed E-state index contributed by atoms with van der Waals surface area (Å²) in [6.45, 7) is 1.55. The molecule has 188 valence electrons. The van der Waals surface area contributed by atoms with Gasteiger partial charge in [-0.15, -0.1) is 0 Å². The van der Waals surface area contributed by atoms with Crippen LogP contribution in [0.5, 0.6) is 5.75 Å². The number of nitrogens with zero attached hydrogens (tertiary/aromatic N) is 2. The number of furan rings is 1. The Hall–Kier alpha value is -4.11. The molecule has 2 aromatic carbocycles. The van der Waals surface area contributed by atoms with Crippen LogP contribution >= 0.6 is 0 Å². The second kappa shape index (κ2) is 12.0. The number of ether oxygens (including phenoxy) is 1. The number of amides is 3. The van der Waals surface area contributed by atoms with Crippen LogP contribution in [0.2, 0.25) is 0 Å². The summed E-state index contributed by atoms with van der Waals surface area (Å²) in [5.41, 5.74) is 2.03. The van der Waals surface area contributed by atoms with Crippen molar-refractivity contribution in [2.24, 2.45) is 0 Å². The molecule has 0 saturated carbocycles. The van der Waals surface area contributed by atoms with Crippen molar-refractivity contribution in [1.29, 1.82) is 0 Å². The summed E-state index contributed by atoms with van der Waals surface area (Å²) < 4.78 is 10.9. The molecule has 0 spiro atoms. The third kappa shape index (κ3) is 6.96. The Balaban J connectivity index is 1.20. The summed E-state index contributed by atoms with van der Waals surface area (Å²) in [4.78, 5) is 40.2. The van der Waals surface area contributed by atoms with Gasteiger partial charge in [0.25, 0.3) is 5.91 Å². The lowest BCUT2D eigenvalue weighted by Crippen LogP contribution is -2.54. The van der Waals surface area contributed by atoms with Gasteiger partial charge in [-0.05, 0) is 35.4 Å². The monoisotopic (exact) mass is 491 g/mol. The lowest BCUT2D eigenvalue weighted by atomic mass is 10.1. The number of piperazine rings is 1. The van der Waals surface area contributed by atoms with Crippen LogP contribution in [0.4, 0.5) is 0 Å². The van der Waals surface area contributed by atoms with Gasteiger partial charge in [0.05, 0.1) is 25.8 Å². The van der Waals surface area contributed by atoms with Crippen LogP contribution in [0.1, 0.15) is 23.3 Å². The van der Waals surface area contributed by atoms with E-state index in [9.17, 15) is 19.5 Å². The maximum atomic E-state index is 12.7. The molecule has 1 fully saturated rings. The maximum Gasteiger partial charge on any atom is 0.252 e. The molecule has 9 nitrogen and oxygen atoms in total. The molecular formula is C27H29N3O6. The van der Waals surface area contributed by atoms with Crippen LogP contribution in [0.15, 0.2) is 77.4 Å². The van der Waals surface area contributed by atoms with Crippen molar-refractivity contribution < 1.29 is 28.6 Å². The minimum atomic E-state index is -1.51. The van der Waals surface area contributed by atoms with E-state index >= 15 is 0 Å². The molecule has 0 unspecified atom stereocenters. The average molecular weight is 492 g/mol. The molecule has 9 heteroatoms. The van der Waals surface area contributed by atoms with E-state index in [1.165, 1.54) is 11.2 Å². The molecule has 0 aliphatic carbocycles. The van der Waals surface area contributed by atoms with Gasteiger partial charge in [0.2, 0.25) is 11.8 Å². The molecule has 2 heterocycles. The van der Waals surface area contributed by atoms with Gasteiger partial charge in [-0.25, -0.2) is 0 Å². The van der Waals surface area contributed by atoms with E-state index in [1.807, 2.05) is 54.6 Å². The van der Waals surface area contributed by atoms with Gasteiger partial charge in [-0.1, -0.05) is 42.5 Å². The predicted molar refractivity (Wildman–Crippen MR) is 130 cm³/mol. The highest BCUT2D eigenvalue weighted by Gasteiger charge is 2.31. The normalized spacial score (nSPS) is 14.4. The third-order valence-electron chi connectivity index (χ3n) is 5.88. The molecule has 0 bridgehead atoms. The van der Waals surface area contributed by atoms with Gasteiger partial charge >= 0.3 is 0 Å². The maximum absolute atomic E-state index is 12.7. The fourth-order valence-electron chi connectivity index (χ4n) is 3.86. The fourth-order valence-corrected chi connectivity index (χ4v) is 3.86. The van der Waals surface area contributed by atoms with E-state index in [1.54, 1.807) is 17.0 Å². The summed E-state index contributed by atoms with van der Waals surface area (Å²) in [6.07, 6.45) is -0.399. The lowest BCUT2D eigenvalue weighted by molar-refractivity contribution is -0.151. The number of rotatable bonds is 10. The highest BCUT2D eigenvalue weighted by molar-refractivity contribution is 5.91. The van der Waals surface area contributed by atoms with Crippen LogP contribution in [-0.4, -0.2) is 58.4 Å². The first-order chi connectivity index (χ1) is 17.5. The van der Waals surface area contributed by atoms with Crippen molar-refractivity contribution in [3.63, 3.8) is 0 Å². The Kier molecular flexibility index (Phi) is 8.36. The van der Waals surface area contributed by atoms with Crippen LogP contribution in [-0.2, 0) is 34.1 Å². The topological polar surface area (TPSA) is 112 Å². The van der Waals surface area contributed by atoms with Crippen LogP contribution in [0.25, 0.3) is 0 Å². The van der Waals surface area contributed by atoms with Crippen LogP contribution < -0.4 is 10.1 Å². The van der Waals surface area contributed by atoms with Crippen LogP contribution in [0.3, 0.4) is 0 Å². The first-order valence-corrected chi connectivity index (χ1v) is 11.8. The summed E-state index contributed by atoms with van der Waals surface area (Å²) >= 11 is 0. The fraction of sp³-hybridized carbons (Fsp3) is 0.296. The van der Waals surface area contributed by atoms with Crippen molar-refractivity contribution >= 4 is 17.7 Å². The Labute approximate surface area is 209 Å². The minimum absolute atomic E-state index is 0.137. The third-order valence-corrected chi connectivity index (χ3v) is 5.88. The smallest absolute Gasteiger partial charge is 0.252 e. The first-order valence-electron chi connectivity index (χ1n) is 11.8. The van der Waals surface area contributed by atoms with E-state index in [0.29, 0.717) is 25.5 Å². The SMILES string of the molecule is O=C(C[C@@H](O)C(=O)N1CCN(Cc2ccc(OCc3ccccc3)cc2)C(=O)C1)NCc1ccco1. The predicted octanol–water partition coefficient (Wildman–Crippen LogP) is 2.10. The Morgan fingerprint density at radius 1 is 1.00 bits per heavy atom. The summed E-state index contributed by atoms with van der Waals surface area (Å²) in [7, 11) is 0. The summed E-state index contributed by atoms with van der Waals surface area (Å²) in [5.74, 6) is -0.00952. The average Bonchev–Trinajstić information content (AvgIpc) is 3.42. The van der Waals surface area contributed by atoms with Gasteiger partial charge in [0.15, 0.2) is 0 Å². The van der Waals surface area contributed by atoms with Gasteiger partial charge < -0.3 is 29.4 Å². The largest absolute Gasteiger partial charge is 0.489 e. The number of hydrogen-bond donors (Lipinski definition) is 2. The number of hydrogen-bond acceptors (Lipinski definition) is 6. The first kappa shape index (κ1) is 25.0. The summed E-state index contributed by atoms with van der Waals surface area (Å²) in [5, 5.41) is 12.8. The summed E-state index contributed by atoms with van der Waals surface area (Å²) in [6, 6.07) is 20.9. The second-order valence-corrected chi connectivity index (χ2v) is 8.57. The zero-order valence-electron chi connectivity index (χ0n) is 19.8. The molecule has 1 aliphatic rings. The number of benzene rings is 2. The van der Waals surface area contributed by atoms with Gasteiger partial charge in [-0.2, -0.15) is 0 Å². The van der Waals surface area contributed by atoms with E-state index in [0.717, 1.165) is 16.9 Å². The number of aliphatic hydroxyl groups excluding tert-OH is 1. The van der Waals surface area contributed by atoms with Crippen molar-refractivity contribution in [3.8, 4) is 5.75 Å². The van der Waals surface area contributed by atoms with Gasteiger partial charge in [-0.3, -0.25) is 14.4 Å². The quantitative estimate of drug-likeness (QED) is 0.449. The number of carbonyl (C=O) groups is 3. The molecule has 3 amide bonds. The van der Waals surface area contributed by atoms with Gasteiger partial charge in [0.1, 0.15) is 24.2 Å². The van der Waals surface area contributed by atoms with E-state index in [2.05, 4.69) is 5.32 Å². The highest BCUT2D eigenvalue weighted by atomic mass is 16.5. The van der Waals surface area contributed by atoms with Crippen molar-refractivity contribution in [2.75, 3.05) is 19.6 Å². The second-order valence-electron chi connectivity index (χ2n) is 8.57. The van der Waals surface area contributed by atoms with Crippen molar-refractivity contribution in [3.05, 3.63) is 89.9 Å². The van der Waals surface area contributed by atoms with E-state index in [4.69, 9.17) is 9.15 Å². The number of aliphatic hydroxyl groups is 1. The van der Waals surface area contributed by atoms with Crippen molar-refractivity contribution in [1.82, 2.24) is 15.1 Å². The molecule has 2 N–H and O–H groups in total. The number of carbonyl (C=O) groups excluding carboxylic acids is 3. The van der Waals surface area contributed by atoms with Crippen LogP contribution in [0, 0.1) is 0 Å². The molecule has 4 rings (SSSR count).